The van der Waals surface area contributed by atoms with Crippen LogP contribution in [0.1, 0.15) is 13.8 Å². The molecular weight excluding hydrogens is 262 g/mol. The number of benzene rings is 1. The predicted octanol–water partition coefficient (Wildman–Crippen LogP) is 2.95. The maximum atomic E-state index is 6.22. The highest BCUT2D eigenvalue weighted by Gasteiger charge is 2.07. The molecule has 0 unspecified atom stereocenters. The van der Waals surface area contributed by atoms with E-state index in [0.29, 0.717) is 23.9 Å². The highest BCUT2D eigenvalue weighted by Crippen LogP contribution is 2.30. The monoisotopic (exact) mass is 279 g/mol. The van der Waals surface area contributed by atoms with Gasteiger partial charge in [0.25, 0.3) is 0 Å². The molecule has 2 aromatic rings. The van der Waals surface area contributed by atoms with Crippen LogP contribution in [-0.2, 0) is 6.54 Å². The minimum atomic E-state index is 0.107. The first kappa shape index (κ1) is 13.9. The lowest BCUT2D eigenvalue weighted by Gasteiger charge is -2.11. The number of aromatic nitrogens is 2. The van der Waals surface area contributed by atoms with Gasteiger partial charge in [-0.15, -0.1) is 0 Å². The second kappa shape index (κ2) is 6.08. The van der Waals surface area contributed by atoms with E-state index in [9.17, 15) is 0 Å². The largest absolute Gasteiger partial charge is 0.489 e. The van der Waals surface area contributed by atoms with Crippen LogP contribution >= 0.6 is 11.6 Å². The average Bonchev–Trinajstić information content (AvgIpc) is 2.80. The van der Waals surface area contributed by atoms with Crippen molar-refractivity contribution in [2.45, 2.75) is 26.5 Å². The van der Waals surface area contributed by atoms with Gasteiger partial charge in [0.2, 0.25) is 0 Å². The van der Waals surface area contributed by atoms with E-state index in [4.69, 9.17) is 22.1 Å². The second-order valence-electron chi connectivity index (χ2n) is 4.59. The normalized spacial score (nSPS) is 11.0. The molecule has 0 aliphatic rings. The van der Waals surface area contributed by atoms with Crippen LogP contribution in [0.25, 0.3) is 11.1 Å². The Morgan fingerprint density at radius 2 is 2.16 bits per heavy atom. The number of halogens is 1. The molecule has 5 heteroatoms. The van der Waals surface area contributed by atoms with Crippen molar-refractivity contribution >= 4 is 11.6 Å². The Morgan fingerprint density at radius 1 is 1.37 bits per heavy atom. The molecular formula is C14H18ClN3O. The molecule has 0 bridgehead atoms. The number of hydrogen-bond acceptors (Lipinski definition) is 3. The van der Waals surface area contributed by atoms with Gasteiger partial charge in [0.05, 0.1) is 23.9 Å². The summed E-state index contributed by atoms with van der Waals surface area (Å²) in [7, 11) is 0. The molecule has 1 heterocycles. The molecule has 1 aromatic carbocycles. The highest BCUT2D eigenvalue weighted by molar-refractivity contribution is 6.32. The molecule has 4 nitrogen and oxygen atoms in total. The number of nitrogens with zero attached hydrogens (tertiary/aromatic N) is 2. The molecule has 0 amide bonds. The van der Waals surface area contributed by atoms with Crippen LogP contribution in [0.3, 0.4) is 0 Å². The first-order valence-corrected chi connectivity index (χ1v) is 6.67. The highest BCUT2D eigenvalue weighted by atomic mass is 35.5. The van der Waals surface area contributed by atoms with Crippen molar-refractivity contribution < 1.29 is 4.74 Å². The topological polar surface area (TPSA) is 53.1 Å². The van der Waals surface area contributed by atoms with Crippen LogP contribution in [0.4, 0.5) is 0 Å². The Balaban J connectivity index is 2.22. The molecule has 0 saturated carbocycles. The fourth-order valence-corrected chi connectivity index (χ4v) is 2.02. The summed E-state index contributed by atoms with van der Waals surface area (Å²) in [4.78, 5) is 0. The number of rotatable bonds is 5. The van der Waals surface area contributed by atoms with Gasteiger partial charge in [-0.05, 0) is 31.5 Å². The van der Waals surface area contributed by atoms with Crippen LogP contribution < -0.4 is 10.5 Å². The summed E-state index contributed by atoms with van der Waals surface area (Å²) in [6.45, 7) is 5.23. The Bertz CT molecular complexity index is 551. The Labute approximate surface area is 118 Å². The minimum Gasteiger partial charge on any atom is -0.489 e. The Hall–Kier alpha value is -1.52. The summed E-state index contributed by atoms with van der Waals surface area (Å²) in [5, 5.41) is 4.85. The quantitative estimate of drug-likeness (QED) is 0.915. The molecule has 2 N–H and O–H groups in total. The van der Waals surface area contributed by atoms with E-state index in [-0.39, 0.29) is 6.10 Å². The van der Waals surface area contributed by atoms with Gasteiger partial charge in [-0.3, -0.25) is 4.68 Å². The van der Waals surface area contributed by atoms with Gasteiger partial charge in [-0.1, -0.05) is 17.7 Å². The summed E-state index contributed by atoms with van der Waals surface area (Å²) in [5.74, 6) is 0.703. The number of nitrogens with two attached hydrogens (primary N) is 1. The molecule has 2 rings (SSSR count). The molecule has 0 aliphatic carbocycles. The summed E-state index contributed by atoms with van der Waals surface area (Å²) in [5.41, 5.74) is 7.54. The summed E-state index contributed by atoms with van der Waals surface area (Å²) >= 11 is 6.22. The van der Waals surface area contributed by atoms with E-state index in [1.165, 1.54) is 0 Å². The van der Waals surface area contributed by atoms with E-state index in [1.54, 1.807) is 0 Å². The van der Waals surface area contributed by atoms with Crippen LogP contribution in [0.15, 0.2) is 30.6 Å². The fourth-order valence-electron chi connectivity index (χ4n) is 1.80. The third-order valence-corrected chi connectivity index (χ3v) is 2.91. The molecule has 19 heavy (non-hydrogen) atoms. The average molecular weight is 280 g/mol. The van der Waals surface area contributed by atoms with Crippen molar-refractivity contribution in [3.05, 3.63) is 35.6 Å². The minimum absolute atomic E-state index is 0.107. The molecule has 1 aromatic heterocycles. The summed E-state index contributed by atoms with van der Waals surface area (Å²) in [6, 6.07) is 5.76. The standard InChI is InChI=1S/C14H18ClN3O/c1-10(2)19-14-4-3-11(7-13(14)15)12-8-17-18(9-12)6-5-16/h3-4,7-10H,5-6,16H2,1-2H3. The van der Waals surface area contributed by atoms with Crippen molar-refractivity contribution in [1.29, 1.82) is 0 Å². The number of ether oxygens (including phenoxy) is 1. The first-order valence-electron chi connectivity index (χ1n) is 6.29. The van der Waals surface area contributed by atoms with E-state index in [0.717, 1.165) is 11.1 Å². The van der Waals surface area contributed by atoms with E-state index in [2.05, 4.69) is 5.10 Å². The van der Waals surface area contributed by atoms with Crippen molar-refractivity contribution in [1.82, 2.24) is 9.78 Å². The lowest BCUT2D eigenvalue weighted by molar-refractivity contribution is 0.242. The Morgan fingerprint density at radius 3 is 2.79 bits per heavy atom. The lowest BCUT2D eigenvalue weighted by Crippen LogP contribution is -2.09. The number of hydrogen-bond donors (Lipinski definition) is 1. The summed E-state index contributed by atoms with van der Waals surface area (Å²) < 4.78 is 7.43. The van der Waals surface area contributed by atoms with Crippen LogP contribution in [-0.4, -0.2) is 22.4 Å². The van der Waals surface area contributed by atoms with Gasteiger partial charge >= 0.3 is 0 Å². The third kappa shape index (κ3) is 3.49. The zero-order valence-corrected chi connectivity index (χ0v) is 11.9. The van der Waals surface area contributed by atoms with Crippen LogP contribution in [0.2, 0.25) is 5.02 Å². The maximum absolute atomic E-state index is 6.22. The van der Waals surface area contributed by atoms with Crippen LogP contribution in [0, 0.1) is 0 Å². The first-order chi connectivity index (χ1) is 9.10. The fraction of sp³-hybridized carbons (Fsp3) is 0.357. The van der Waals surface area contributed by atoms with Crippen molar-refractivity contribution in [3.8, 4) is 16.9 Å². The second-order valence-corrected chi connectivity index (χ2v) is 5.00. The SMILES string of the molecule is CC(C)Oc1ccc(-c2cnn(CCN)c2)cc1Cl. The van der Waals surface area contributed by atoms with Crippen molar-refractivity contribution in [3.63, 3.8) is 0 Å². The third-order valence-electron chi connectivity index (χ3n) is 2.62. The van der Waals surface area contributed by atoms with Gasteiger partial charge < -0.3 is 10.5 Å². The van der Waals surface area contributed by atoms with Crippen molar-refractivity contribution in [2.75, 3.05) is 6.54 Å². The van der Waals surface area contributed by atoms with E-state index in [1.807, 2.05) is 49.1 Å². The zero-order chi connectivity index (χ0) is 13.8. The Kier molecular flexibility index (Phi) is 4.45. The molecule has 0 fully saturated rings. The molecule has 0 atom stereocenters. The van der Waals surface area contributed by atoms with E-state index >= 15 is 0 Å². The summed E-state index contributed by atoms with van der Waals surface area (Å²) in [6.07, 6.45) is 3.88. The van der Waals surface area contributed by atoms with Crippen LogP contribution in [0.5, 0.6) is 5.75 Å². The molecule has 0 aliphatic heterocycles. The maximum Gasteiger partial charge on any atom is 0.138 e. The van der Waals surface area contributed by atoms with Gasteiger partial charge in [0.15, 0.2) is 0 Å². The molecule has 0 radical (unpaired) electrons. The van der Waals surface area contributed by atoms with Gasteiger partial charge in [-0.25, -0.2) is 0 Å². The molecule has 0 saturated heterocycles. The van der Waals surface area contributed by atoms with Gasteiger partial charge in [0.1, 0.15) is 5.75 Å². The van der Waals surface area contributed by atoms with Gasteiger partial charge in [-0.2, -0.15) is 5.10 Å². The molecule has 0 spiro atoms. The van der Waals surface area contributed by atoms with E-state index < -0.39 is 0 Å². The van der Waals surface area contributed by atoms with Gasteiger partial charge in [0, 0.05) is 18.3 Å². The smallest absolute Gasteiger partial charge is 0.138 e. The molecule has 102 valence electrons. The zero-order valence-electron chi connectivity index (χ0n) is 11.1. The van der Waals surface area contributed by atoms with Crippen molar-refractivity contribution in [2.24, 2.45) is 5.73 Å². The lowest BCUT2D eigenvalue weighted by atomic mass is 10.1. The predicted molar refractivity (Wildman–Crippen MR) is 77.5 cm³/mol.